The maximum absolute atomic E-state index is 6.51. The Morgan fingerprint density at radius 3 is 2.38 bits per heavy atom. The minimum absolute atomic E-state index is 0.715. The van der Waals surface area contributed by atoms with Gasteiger partial charge in [0.05, 0.1) is 10.7 Å². The molecule has 2 aliphatic rings. The van der Waals surface area contributed by atoms with Crippen molar-refractivity contribution in [3.05, 3.63) is 64.2 Å². The number of para-hydroxylation sites is 1. The molecule has 2 aromatic carbocycles. The topological polar surface area (TPSA) is 15.3 Å². The summed E-state index contributed by atoms with van der Waals surface area (Å²) in [6, 6.07) is 15.6. The summed E-state index contributed by atoms with van der Waals surface area (Å²) >= 11 is 6.51. The smallest absolute Gasteiger partial charge is 0.0643 e. The quantitative estimate of drug-likeness (QED) is 0.914. The van der Waals surface area contributed by atoms with Gasteiger partial charge in [-0.3, -0.25) is 0 Å². The zero-order valence-electron chi connectivity index (χ0n) is 12.0. The van der Waals surface area contributed by atoms with Crippen LogP contribution >= 0.6 is 11.6 Å². The Bertz CT molecular complexity index is 639. The first-order valence-electron chi connectivity index (χ1n) is 7.64. The minimum Gasteiger partial charge on any atom is -0.361 e. The lowest BCUT2D eigenvalue weighted by molar-refractivity contribution is 0.684. The van der Waals surface area contributed by atoms with Gasteiger partial charge < -0.3 is 10.2 Å². The van der Waals surface area contributed by atoms with Gasteiger partial charge in [0.15, 0.2) is 0 Å². The highest BCUT2D eigenvalue weighted by atomic mass is 35.5. The van der Waals surface area contributed by atoms with Crippen molar-refractivity contribution < 1.29 is 0 Å². The molecule has 21 heavy (non-hydrogen) atoms. The van der Waals surface area contributed by atoms with Crippen LogP contribution < -0.4 is 10.2 Å². The molecule has 3 heteroatoms. The largest absolute Gasteiger partial charge is 0.361 e. The van der Waals surface area contributed by atoms with Crippen molar-refractivity contribution in [1.29, 1.82) is 0 Å². The normalized spacial score (nSPS) is 17.1. The molecular weight excluding hydrogens is 280 g/mol. The number of rotatable bonds is 4. The molecule has 0 atom stereocenters. The fourth-order valence-electron chi connectivity index (χ4n) is 3.09. The molecule has 4 rings (SSSR count). The zero-order chi connectivity index (χ0) is 14.2. The molecule has 2 nitrogen and oxygen atoms in total. The first-order chi connectivity index (χ1) is 10.3. The zero-order valence-corrected chi connectivity index (χ0v) is 12.7. The molecule has 0 radical (unpaired) electrons. The van der Waals surface area contributed by atoms with Crippen LogP contribution in [0, 0.1) is 0 Å². The van der Waals surface area contributed by atoms with Crippen LogP contribution in [0.3, 0.4) is 0 Å². The fraction of sp³-hybridized carbons (Fsp3) is 0.333. The third-order valence-corrected chi connectivity index (χ3v) is 4.69. The predicted molar refractivity (Wildman–Crippen MR) is 87.6 cm³/mol. The van der Waals surface area contributed by atoms with Crippen LogP contribution in [0.2, 0.25) is 5.02 Å². The number of fused-ring (bicyclic) bond motifs is 1. The average Bonchev–Trinajstić information content (AvgIpc) is 3.22. The van der Waals surface area contributed by atoms with Crippen LogP contribution in [-0.2, 0) is 19.6 Å². The van der Waals surface area contributed by atoms with Gasteiger partial charge >= 0.3 is 0 Å². The monoisotopic (exact) mass is 298 g/mol. The summed E-state index contributed by atoms with van der Waals surface area (Å²) < 4.78 is 0. The molecule has 0 aromatic heterocycles. The lowest BCUT2D eigenvalue weighted by Crippen LogP contribution is -2.21. The van der Waals surface area contributed by atoms with Gasteiger partial charge in [0, 0.05) is 25.7 Å². The van der Waals surface area contributed by atoms with Crippen molar-refractivity contribution in [2.75, 3.05) is 4.90 Å². The number of hydrogen-bond donors (Lipinski definition) is 1. The number of benzene rings is 2. The molecule has 0 unspecified atom stereocenters. The van der Waals surface area contributed by atoms with Gasteiger partial charge in [-0.05, 0) is 35.6 Å². The molecule has 1 aliphatic heterocycles. The van der Waals surface area contributed by atoms with Gasteiger partial charge in [0.1, 0.15) is 0 Å². The van der Waals surface area contributed by atoms with E-state index in [1.54, 1.807) is 0 Å². The molecule has 1 fully saturated rings. The summed E-state index contributed by atoms with van der Waals surface area (Å²) in [5, 5.41) is 4.46. The first-order valence-corrected chi connectivity index (χ1v) is 8.01. The summed E-state index contributed by atoms with van der Waals surface area (Å²) in [5.41, 5.74) is 5.34. The van der Waals surface area contributed by atoms with Crippen LogP contribution in [0.25, 0.3) is 0 Å². The number of hydrogen-bond acceptors (Lipinski definition) is 2. The van der Waals surface area contributed by atoms with E-state index in [2.05, 4.69) is 46.6 Å². The SMILES string of the molecule is Clc1cccc(CNC2CC2)c1N1Cc2ccccc2C1. The van der Waals surface area contributed by atoms with Gasteiger partial charge in [-0.2, -0.15) is 0 Å². The van der Waals surface area contributed by atoms with Crippen LogP contribution in [0.4, 0.5) is 5.69 Å². The second kappa shape index (κ2) is 5.36. The maximum Gasteiger partial charge on any atom is 0.0643 e. The number of nitrogens with one attached hydrogen (secondary N) is 1. The van der Waals surface area contributed by atoms with Crippen molar-refractivity contribution in [3.8, 4) is 0 Å². The minimum atomic E-state index is 0.715. The Hall–Kier alpha value is -1.51. The average molecular weight is 299 g/mol. The molecule has 0 amide bonds. The summed E-state index contributed by atoms with van der Waals surface area (Å²) in [5.74, 6) is 0. The summed E-state index contributed by atoms with van der Waals surface area (Å²) in [4.78, 5) is 2.40. The number of nitrogens with zero attached hydrogens (tertiary/aromatic N) is 1. The Balaban J connectivity index is 1.62. The molecule has 0 spiro atoms. The summed E-state index contributed by atoms with van der Waals surface area (Å²) in [6.07, 6.45) is 2.62. The molecule has 0 saturated heterocycles. The highest BCUT2D eigenvalue weighted by Gasteiger charge is 2.24. The molecule has 108 valence electrons. The van der Waals surface area contributed by atoms with E-state index in [4.69, 9.17) is 11.6 Å². The maximum atomic E-state index is 6.51. The lowest BCUT2D eigenvalue weighted by Gasteiger charge is -2.23. The number of anilines is 1. The lowest BCUT2D eigenvalue weighted by atomic mass is 10.1. The van der Waals surface area contributed by atoms with Crippen LogP contribution in [0.5, 0.6) is 0 Å². The molecule has 1 aliphatic carbocycles. The van der Waals surface area contributed by atoms with Crippen LogP contribution in [-0.4, -0.2) is 6.04 Å². The van der Waals surface area contributed by atoms with E-state index in [0.717, 1.165) is 24.7 Å². The van der Waals surface area contributed by atoms with Crippen LogP contribution in [0.15, 0.2) is 42.5 Å². The molecule has 0 bridgehead atoms. The van der Waals surface area contributed by atoms with Crippen molar-refractivity contribution in [1.82, 2.24) is 5.32 Å². The Kier molecular flexibility index (Phi) is 3.36. The highest BCUT2D eigenvalue weighted by Crippen LogP contribution is 2.36. The predicted octanol–water partition coefficient (Wildman–Crippen LogP) is 4.11. The van der Waals surface area contributed by atoms with E-state index in [-0.39, 0.29) is 0 Å². The van der Waals surface area contributed by atoms with Crippen molar-refractivity contribution in [2.24, 2.45) is 0 Å². The van der Waals surface area contributed by atoms with E-state index < -0.39 is 0 Å². The van der Waals surface area contributed by atoms with E-state index in [9.17, 15) is 0 Å². The summed E-state index contributed by atoms with van der Waals surface area (Å²) in [6.45, 7) is 2.82. The van der Waals surface area contributed by atoms with Gasteiger partial charge in [0.2, 0.25) is 0 Å². The third kappa shape index (κ3) is 2.66. The molecular formula is C18H19ClN2. The highest BCUT2D eigenvalue weighted by molar-refractivity contribution is 6.33. The second-order valence-electron chi connectivity index (χ2n) is 6.03. The second-order valence-corrected chi connectivity index (χ2v) is 6.43. The first kappa shape index (κ1) is 13.2. The van der Waals surface area contributed by atoms with E-state index in [1.165, 1.54) is 35.2 Å². The molecule has 1 N–H and O–H groups in total. The molecule has 2 aromatic rings. The van der Waals surface area contributed by atoms with Crippen molar-refractivity contribution >= 4 is 17.3 Å². The Morgan fingerprint density at radius 1 is 1.00 bits per heavy atom. The van der Waals surface area contributed by atoms with Gasteiger partial charge in [-0.25, -0.2) is 0 Å². The van der Waals surface area contributed by atoms with Crippen molar-refractivity contribution in [2.45, 2.75) is 38.5 Å². The summed E-state index contributed by atoms with van der Waals surface area (Å²) in [7, 11) is 0. The van der Waals surface area contributed by atoms with E-state index in [1.807, 2.05) is 6.07 Å². The Labute approximate surface area is 130 Å². The standard InChI is InChI=1S/C18H19ClN2/c19-17-7-3-6-13(10-20-16-8-9-16)18(17)21-11-14-4-1-2-5-15(14)12-21/h1-7,16,20H,8-12H2. The van der Waals surface area contributed by atoms with Gasteiger partial charge in [0.25, 0.3) is 0 Å². The van der Waals surface area contributed by atoms with Gasteiger partial charge in [-0.15, -0.1) is 0 Å². The van der Waals surface area contributed by atoms with Crippen LogP contribution in [0.1, 0.15) is 29.5 Å². The van der Waals surface area contributed by atoms with E-state index >= 15 is 0 Å². The fourth-order valence-corrected chi connectivity index (χ4v) is 3.40. The van der Waals surface area contributed by atoms with E-state index in [0.29, 0.717) is 6.04 Å². The molecule has 1 saturated carbocycles. The van der Waals surface area contributed by atoms with Crippen molar-refractivity contribution in [3.63, 3.8) is 0 Å². The molecule has 1 heterocycles. The number of halogens is 1. The third-order valence-electron chi connectivity index (χ3n) is 4.39. The Morgan fingerprint density at radius 2 is 1.71 bits per heavy atom. The van der Waals surface area contributed by atoms with Gasteiger partial charge in [-0.1, -0.05) is 48.0 Å².